The summed E-state index contributed by atoms with van der Waals surface area (Å²) in [7, 11) is -0.721. The van der Waals surface area contributed by atoms with E-state index in [1.165, 1.54) is 0 Å². The van der Waals surface area contributed by atoms with Crippen LogP contribution in [0.15, 0.2) is 0 Å². The Labute approximate surface area is 46.5 Å². The third-order valence-electron chi connectivity index (χ3n) is 0.498. The standard InChI is InChI=1S/C4H11NOS/c1-4(5)3-7(2)6/h4H,3,5H2,1-2H3. The average Bonchev–Trinajstić information content (AvgIpc) is 1.27. The first-order valence-electron chi connectivity index (χ1n) is 2.18. The Morgan fingerprint density at radius 2 is 2.29 bits per heavy atom. The molecule has 0 aromatic heterocycles. The van der Waals surface area contributed by atoms with Crippen LogP contribution in [0.2, 0.25) is 0 Å². The van der Waals surface area contributed by atoms with E-state index >= 15 is 0 Å². The summed E-state index contributed by atoms with van der Waals surface area (Å²) in [6.45, 7) is 1.85. The van der Waals surface area contributed by atoms with Crippen molar-refractivity contribution in [3.05, 3.63) is 0 Å². The molecule has 0 radical (unpaired) electrons. The molecular weight excluding hydrogens is 110 g/mol. The van der Waals surface area contributed by atoms with Crippen LogP contribution in [0.3, 0.4) is 0 Å². The molecular formula is C4H11NOS. The third kappa shape index (κ3) is 6.11. The number of nitrogens with two attached hydrogens (primary N) is 1. The van der Waals surface area contributed by atoms with E-state index in [9.17, 15) is 4.21 Å². The van der Waals surface area contributed by atoms with Crippen LogP contribution in [-0.4, -0.2) is 22.3 Å². The van der Waals surface area contributed by atoms with Crippen LogP contribution < -0.4 is 5.73 Å². The fourth-order valence-corrected chi connectivity index (χ4v) is 1.11. The van der Waals surface area contributed by atoms with Crippen molar-refractivity contribution in [3.63, 3.8) is 0 Å². The number of hydrogen-bond acceptors (Lipinski definition) is 2. The van der Waals surface area contributed by atoms with E-state index in [1.807, 2.05) is 6.92 Å². The molecule has 0 rings (SSSR count). The molecule has 2 nitrogen and oxygen atoms in total. The first-order valence-corrected chi connectivity index (χ1v) is 3.91. The Hall–Kier alpha value is 0.110. The second kappa shape index (κ2) is 3.16. The molecule has 3 heteroatoms. The lowest BCUT2D eigenvalue weighted by Gasteiger charge is -1.97. The molecule has 0 fully saturated rings. The van der Waals surface area contributed by atoms with Gasteiger partial charge >= 0.3 is 0 Å². The van der Waals surface area contributed by atoms with E-state index in [1.54, 1.807) is 6.26 Å². The minimum atomic E-state index is -0.721. The first-order chi connectivity index (χ1) is 3.13. The zero-order valence-corrected chi connectivity index (χ0v) is 5.49. The van der Waals surface area contributed by atoms with Crippen LogP contribution in [0.4, 0.5) is 0 Å². The van der Waals surface area contributed by atoms with E-state index in [4.69, 9.17) is 5.73 Å². The molecule has 0 aliphatic carbocycles. The minimum absolute atomic E-state index is 0.0748. The molecule has 2 unspecified atom stereocenters. The van der Waals surface area contributed by atoms with Gasteiger partial charge in [0.1, 0.15) is 0 Å². The van der Waals surface area contributed by atoms with Crippen molar-refractivity contribution < 1.29 is 4.21 Å². The molecule has 0 aliphatic rings. The summed E-state index contributed by atoms with van der Waals surface area (Å²) in [5.41, 5.74) is 5.30. The van der Waals surface area contributed by atoms with Crippen molar-refractivity contribution in [1.82, 2.24) is 0 Å². The quantitative estimate of drug-likeness (QED) is 0.545. The van der Waals surface area contributed by atoms with Gasteiger partial charge in [-0.25, -0.2) is 0 Å². The van der Waals surface area contributed by atoms with Gasteiger partial charge in [-0.15, -0.1) is 0 Å². The normalized spacial score (nSPS) is 18.7. The largest absolute Gasteiger partial charge is 0.327 e. The van der Waals surface area contributed by atoms with Crippen molar-refractivity contribution in [2.45, 2.75) is 13.0 Å². The van der Waals surface area contributed by atoms with Gasteiger partial charge in [0.2, 0.25) is 0 Å². The van der Waals surface area contributed by atoms with Gasteiger partial charge in [-0.3, -0.25) is 4.21 Å². The molecule has 0 aromatic rings. The van der Waals surface area contributed by atoms with E-state index in [0.717, 1.165) is 0 Å². The van der Waals surface area contributed by atoms with Gasteiger partial charge in [0, 0.05) is 28.9 Å². The summed E-state index contributed by atoms with van der Waals surface area (Å²) in [4.78, 5) is 0. The predicted molar refractivity (Wildman–Crippen MR) is 32.6 cm³/mol. The van der Waals surface area contributed by atoms with Crippen molar-refractivity contribution >= 4 is 10.8 Å². The molecule has 44 valence electrons. The Morgan fingerprint density at radius 1 is 1.86 bits per heavy atom. The van der Waals surface area contributed by atoms with Crippen LogP contribution in [0.1, 0.15) is 6.92 Å². The molecule has 0 aliphatic heterocycles. The highest BCUT2D eigenvalue weighted by molar-refractivity contribution is 7.84. The lowest BCUT2D eigenvalue weighted by Crippen LogP contribution is -2.22. The monoisotopic (exact) mass is 121 g/mol. The van der Waals surface area contributed by atoms with E-state index in [0.29, 0.717) is 5.75 Å². The predicted octanol–water partition coefficient (Wildman–Crippen LogP) is -0.288. The molecule has 0 bridgehead atoms. The van der Waals surface area contributed by atoms with E-state index in [-0.39, 0.29) is 6.04 Å². The lowest BCUT2D eigenvalue weighted by atomic mass is 10.4. The van der Waals surface area contributed by atoms with Gasteiger partial charge in [0.15, 0.2) is 0 Å². The van der Waals surface area contributed by atoms with Gasteiger partial charge in [0.25, 0.3) is 0 Å². The fourth-order valence-electron chi connectivity index (χ4n) is 0.370. The summed E-state index contributed by atoms with van der Waals surface area (Å²) in [6, 6.07) is 0.0748. The molecule has 0 aromatic carbocycles. The molecule has 2 N–H and O–H groups in total. The topological polar surface area (TPSA) is 43.1 Å². The van der Waals surface area contributed by atoms with Crippen LogP contribution in [0, 0.1) is 0 Å². The second-order valence-electron chi connectivity index (χ2n) is 1.72. The Bertz CT molecular complexity index is 72.1. The van der Waals surface area contributed by atoms with Crippen LogP contribution in [0.25, 0.3) is 0 Å². The second-order valence-corrected chi connectivity index (χ2v) is 3.20. The molecule has 0 amide bonds. The molecule has 2 atom stereocenters. The molecule has 0 heterocycles. The minimum Gasteiger partial charge on any atom is -0.327 e. The maximum Gasteiger partial charge on any atom is 0.0381 e. The van der Waals surface area contributed by atoms with Gasteiger partial charge in [-0.2, -0.15) is 0 Å². The summed E-state index contributed by atoms with van der Waals surface area (Å²) >= 11 is 0. The smallest absolute Gasteiger partial charge is 0.0381 e. The van der Waals surface area contributed by atoms with Crippen LogP contribution in [0.5, 0.6) is 0 Å². The van der Waals surface area contributed by atoms with Crippen LogP contribution >= 0.6 is 0 Å². The van der Waals surface area contributed by atoms with E-state index in [2.05, 4.69) is 0 Å². The zero-order chi connectivity index (χ0) is 5.86. The molecule has 0 saturated heterocycles. The highest BCUT2D eigenvalue weighted by Gasteiger charge is 1.93. The summed E-state index contributed by atoms with van der Waals surface area (Å²) in [5, 5.41) is 0. The molecule has 7 heavy (non-hydrogen) atoms. The maximum absolute atomic E-state index is 10.3. The van der Waals surface area contributed by atoms with Gasteiger partial charge in [-0.1, -0.05) is 0 Å². The average molecular weight is 121 g/mol. The molecule has 0 saturated carbocycles. The maximum atomic E-state index is 10.3. The zero-order valence-electron chi connectivity index (χ0n) is 4.68. The van der Waals surface area contributed by atoms with Gasteiger partial charge < -0.3 is 5.73 Å². The Balaban J connectivity index is 3.13. The highest BCUT2D eigenvalue weighted by atomic mass is 32.2. The first kappa shape index (κ1) is 7.11. The lowest BCUT2D eigenvalue weighted by molar-refractivity contribution is 0.680. The Morgan fingerprint density at radius 3 is 2.29 bits per heavy atom. The third-order valence-corrected chi connectivity index (χ3v) is 1.49. The number of rotatable bonds is 2. The Kier molecular flexibility index (Phi) is 3.21. The fraction of sp³-hybridized carbons (Fsp3) is 1.00. The summed E-state index contributed by atoms with van der Waals surface area (Å²) in [5.74, 6) is 0.611. The SMILES string of the molecule is CC(N)CS(C)=O. The van der Waals surface area contributed by atoms with E-state index < -0.39 is 10.8 Å². The van der Waals surface area contributed by atoms with Gasteiger partial charge in [0.05, 0.1) is 0 Å². The van der Waals surface area contributed by atoms with Gasteiger partial charge in [-0.05, 0) is 6.92 Å². The summed E-state index contributed by atoms with van der Waals surface area (Å²) < 4.78 is 10.3. The number of hydrogen-bond donors (Lipinski definition) is 1. The highest BCUT2D eigenvalue weighted by Crippen LogP contribution is 1.77. The van der Waals surface area contributed by atoms with Crippen molar-refractivity contribution in [1.29, 1.82) is 0 Å². The van der Waals surface area contributed by atoms with Crippen molar-refractivity contribution in [3.8, 4) is 0 Å². The van der Waals surface area contributed by atoms with Crippen molar-refractivity contribution in [2.24, 2.45) is 5.73 Å². The molecule has 0 spiro atoms. The van der Waals surface area contributed by atoms with Crippen molar-refractivity contribution in [2.75, 3.05) is 12.0 Å². The summed E-state index contributed by atoms with van der Waals surface area (Å²) in [6.07, 6.45) is 1.66. The van der Waals surface area contributed by atoms with Crippen LogP contribution in [-0.2, 0) is 10.8 Å².